The van der Waals surface area contributed by atoms with E-state index in [1.165, 1.54) is 6.07 Å². The quantitative estimate of drug-likeness (QED) is 0.822. The number of halogens is 1. The molecule has 0 amide bonds. The van der Waals surface area contributed by atoms with Crippen LogP contribution in [-0.4, -0.2) is 30.6 Å². The third-order valence-electron chi connectivity index (χ3n) is 3.23. The second-order valence-corrected chi connectivity index (χ2v) is 4.61. The summed E-state index contributed by atoms with van der Waals surface area (Å²) in [6, 6.07) is 5.87. The second kappa shape index (κ2) is 4.93. The maximum atomic E-state index is 13.4. The summed E-state index contributed by atoms with van der Waals surface area (Å²) in [5.41, 5.74) is 1.89. The average molecular weight is 222 g/mol. The summed E-state index contributed by atoms with van der Waals surface area (Å²) >= 11 is 0. The Bertz CT molecular complexity index is 365. The Labute approximate surface area is 96.5 Å². The molecule has 16 heavy (non-hydrogen) atoms. The lowest BCUT2D eigenvalue weighted by atomic mass is 10.1. The summed E-state index contributed by atoms with van der Waals surface area (Å²) in [4.78, 5) is 2.38. The molecule has 88 valence electrons. The highest BCUT2D eigenvalue weighted by Gasteiger charge is 2.16. The van der Waals surface area contributed by atoms with E-state index in [0.717, 1.165) is 37.3 Å². The summed E-state index contributed by atoms with van der Waals surface area (Å²) in [5.74, 6) is -0.0966. The average Bonchev–Trinajstić information content (AvgIpc) is 2.25. The van der Waals surface area contributed by atoms with Crippen molar-refractivity contribution in [1.29, 1.82) is 0 Å². The molecule has 2 nitrogen and oxygen atoms in total. The molecule has 0 unspecified atom stereocenters. The van der Waals surface area contributed by atoms with Gasteiger partial charge in [-0.2, -0.15) is 0 Å². The van der Waals surface area contributed by atoms with Crippen LogP contribution < -0.4 is 5.32 Å². The van der Waals surface area contributed by atoms with Crippen molar-refractivity contribution in [2.45, 2.75) is 26.4 Å². The predicted molar refractivity (Wildman–Crippen MR) is 63.9 cm³/mol. The van der Waals surface area contributed by atoms with Gasteiger partial charge in [0.25, 0.3) is 0 Å². The first-order chi connectivity index (χ1) is 7.66. The summed E-state index contributed by atoms with van der Waals surface area (Å²) < 4.78 is 13.4. The molecule has 3 heteroatoms. The zero-order valence-corrected chi connectivity index (χ0v) is 9.96. The van der Waals surface area contributed by atoms with Crippen molar-refractivity contribution >= 4 is 0 Å². The third kappa shape index (κ3) is 2.60. The lowest BCUT2D eigenvalue weighted by Gasteiger charge is -2.32. The first-order valence-electron chi connectivity index (χ1n) is 5.86. The molecule has 1 aliphatic heterocycles. The maximum Gasteiger partial charge on any atom is 0.126 e. The summed E-state index contributed by atoms with van der Waals surface area (Å²) in [6.45, 7) is 8.00. The Hall–Kier alpha value is -0.930. The molecule has 1 aromatic carbocycles. The van der Waals surface area contributed by atoms with Crippen LogP contribution in [0.15, 0.2) is 18.2 Å². The standard InChI is InChI=1S/C13H19FN2/c1-10-8-16(7-6-15-10)9-12-4-3-5-13(14)11(12)2/h3-5,10,15H,6-9H2,1-2H3/t10-/m1/s1. The molecular formula is C13H19FN2. The first-order valence-corrected chi connectivity index (χ1v) is 5.86. The zero-order valence-electron chi connectivity index (χ0n) is 9.96. The maximum absolute atomic E-state index is 13.4. The Kier molecular flexibility index (Phi) is 3.56. The highest BCUT2D eigenvalue weighted by molar-refractivity contribution is 5.27. The molecule has 2 rings (SSSR count). The minimum Gasteiger partial charge on any atom is -0.312 e. The topological polar surface area (TPSA) is 15.3 Å². The molecule has 0 aromatic heterocycles. The van der Waals surface area contributed by atoms with Crippen molar-refractivity contribution in [2.24, 2.45) is 0 Å². The lowest BCUT2D eigenvalue weighted by Crippen LogP contribution is -2.48. The predicted octanol–water partition coefficient (Wildman–Crippen LogP) is 1.93. The number of rotatable bonds is 2. The Balaban J connectivity index is 2.05. The minimum atomic E-state index is -0.0966. The fourth-order valence-corrected chi connectivity index (χ4v) is 2.22. The number of nitrogens with one attached hydrogen (secondary N) is 1. The number of nitrogens with zero attached hydrogens (tertiary/aromatic N) is 1. The van der Waals surface area contributed by atoms with Crippen LogP contribution in [0.25, 0.3) is 0 Å². The Morgan fingerprint density at radius 3 is 3.06 bits per heavy atom. The highest BCUT2D eigenvalue weighted by Crippen LogP contribution is 2.15. The van der Waals surface area contributed by atoms with Crippen molar-refractivity contribution in [1.82, 2.24) is 10.2 Å². The molecule has 0 aliphatic carbocycles. The van der Waals surface area contributed by atoms with Crippen LogP contribution in [0.1, 0.15) is 18.1 Å². The van der Waals surface area contributed by atoms with E-state index in [1.807, 2.05) is 13.0 Å². The van der Waals surface area contributed by atoms with Gasteiger partial charge in [-0.05, 0) is 31.0 Å². The van der Waals surface area contributed by atoms with Crippen LogP contribution in [0.2, 0.25) is 0 Å². The van der Waals surface area contributed by atoms with E-state index in [0.29, 0.717) is 6.04 Å². The minimum absolute atomic E-state index is 0.0966. The van der Waals surface area contributed by atoms with Crippen LogP contribution >= 0.6 is 0 Å². The summed E-state index contributed by atoms with van der Waals surface area (Å²) in [5, 5.41) is 3.41. The largest absolute Gasteiger partial charge is 0.312 e. The molecule has 1 aromatic rings. The molecular weight excluding hydrogens is 203 g/mol. The fraction of sp³-hybridized carbons (Fsp3) is 0.538. The van der Waals surface area contributed by atoms with E-state index in [9.17, 15) is 4.39 Å². The molecule has 1 atom stereocenters. The van der Waals surface area contributed by atoms with Crippen LogP contribution in [0, 0.1) is 12.7 Å². The van der Waals surface area contributed by atoms with Gasteiger partial charge in [0.15, 0.2) is 0 Å². The van der Waals surface area contributed by atoms with Gasteiger partial charge >= 0.3 is 0 Å². The van der Waals surface area contributed by atoms with E-state index in [4.69, 9.17) is 0 Å². The van der Waals surface area contributed by atoms with Crippen LogP contribution in [0.5, 0.6) is 0 Å². The van der Waals surface area contributed by atoms with Gasteiger partial charge in [0.1, 0.15) is 5.82 Å². The molecule has 0 radical (unpaired) electrons. The zero-order chi connectivity index (χ0) is 11.5. The smallest absolute Gasteiger partial charge is 0.126 e. The van der Waals surface area contributed by atoms with Crippen LogP contribution in [0.4, 0.5) is 4.39 Å². The van der Waals surface area contributed by atoms with Crippen LogP contribution in [0.3, 0.4) is 0 Å². The van der Waals surface area contributed by atoms with Gasteiger partial charge in [-0.1, -0.05) is 12.1 Å². The van der Waals surface area contributed by atoms with E-state index >= 15 is 0 Å². The van der Waals surface area contributed by atoms with Gasteiger partial charge in [-0.15, -0.1) is 0 Å². The third-order valence-corrected chi connectivity index (χ3v) is 3.23. The van der Waals surface area contributed by atoms with E-state index in [-0.39, 0.29) is 5.82 Å². The molecule has 1 fully saturated rings. The monoisotopic (exact) mass is 222 g/mol. The number of piperazine rings is 1. The molecule has 0 bridgehead atoms. The van der Waals surface area contributed by atoms with Crippen molar-refractivity contribution in [3.63, 3.8) is 0 Å². The first kappa shape index (κ1) is 11.6. The van der Waals surface area contributed by atoms with Gasteiger partial charge in [0.2, 0.25) is 0 Å². The van der Waals surface area contributed by atoms with Crippen molar-refractivity contribution < 1.29 is 4.39 Å². The van der Waals surface area contributed by atoms with E-state index < -0.39 is 0 Å². The van der Waals surface area contributed by atoms with Gasteiger partial charge < -0.3 is 5.32 Å². The Morgan fingerprint density at radius 2 is 2.31 bits per heavy atom. The van der Waals surface area contributed by atoms with Gasteiger partial charge in [-0.25, -0.2) is 4.39 Å². The summed E-state index contributed by atoms with van der Waals surface area (Å²) in [7, 11) is 0. The lowest BCUT2D eigenvalue weighted by molar-refractivity contribution is 0.199. The SMILES string of the molecule is Cc1c(F)cccc1CN1CCN[C@H](C)C1. The molecule has 0 spiro atoms. The van der Waals surface area contributed by atoms with Gasteiger partial charge in [0, 0.05) is 32.2 Å². The fourth-order valence-electron chi connectivity index (χ4n) is 2.22. The van der Waals surface area contributed by atoms with E-state index in [2.05, 4.69) is 17.1 Å². The van der Waals surface area contributed by atoms with Gasteiger partial charge in [-0.3, -0.25) is 4.90 Å². The van der Waals surface area contributed by atoms with Gasteiger partial charge in [0.05, 0.1) is 0 Å². The van der Waals surface area contributed by atoms with Crippen LogP contribution in [-0.2, 0) is 6.54 Å². The normalized spacial score (nSPS) is 22.3. The van der Waals surface area contributed by atoms with Crippen molar-refractivity contribution in [3.05, 3.63) is 35.1 Å². The number of hydrogen-bond acceptors (Lipinski definition) is 2. The van der Waals surface area contributed by atoms with Crippen molar-refractivity contribution in [3.8, 4) is 0 Å². The second-order valence-electron chi connectivity index (χ2n) is 4.61. The molecule has 1 saturated heterocycles. The number of benzene rings is 1. The molecule has 1 heterocycles. The van der Waals surface area contributed by atoms with E-state index in [1.54, 1.807) is 6.07 Å². The number of hydrogen-bond donors (Lipinski definition) is 1. The highest BCUT2D eigenvalue weighted by atomic mass is 19.1. The molecule has 1 aliphatic rings. The van der Waals surface area contributed by atoms with Crippen molar-refractivity contribution in [2.75, 3.05) is 19.6 Å². The summed E-state index contributed by atoms with van der Waals surface area (Å²) in [6.07, 6.45) is 0. The molecule has 0 saturated carbocycles. The Morgan fingerprint density at radius 1 is 1.50 bits per heavy atom. The molecule has 1 N–H and O–H groups in total.